The highest BCUT2D eigenvalue weighted by atomic mass is 19.1. The van der Waals surface area contributed by atoms with Crippen LogP contribution >= 0.6 is 0 Å². The van der Waals surface area contributed by atoms with Crippen LogP contribution in [0.1, 0.15) is 12.8 Å². The quantitative estimate of drug-likeness (QED) is 0.796. The molecule has 2 fully saturated rings. The summed E-state index contributed by atoms with van der Waals surface area (Å²) in [6, 6.07) is 12.7. The third kappa shape index (κ3) is 5.52. The Kier molecular flexibility index (Phi) is 6.66. The standard InChI is InChI=1S/C23H27FN4O3/c24-18-6-5-7-19(16-18)31-21-9-2-1-8-20(21)25-23(30)28-14-12-26(13-15-28)17-22(29)27-10-3-4-11-27/h1-2,5-9,16H,3-4,10-15,17H2,(H,25,30). The second-order valence-corrected chi connectivity index (χ2v) is 7.84. The van der Waals surface area contributed by atoms with Crippen molar-refractivity contribution in [3.63, 3.8) is 0 Å². The number of urea groups is 1. The third-order valence-electron chi connectivity index (χ3n) is 5.63. The van der Waals surface area contributed by atoms with Gasteiger partial charge in [-0.15, -0.1) is 0 Å². The maximum absolute atomic E-state index is 13.4. The van der Waals surface area contributed by atoms with Gasteiger partial charge in [-0.25, -0.2) is 9.18 Å². The molecule has 2 aliphatic heterocycles. The lowest BCUT2D eigenvalue weighted by molar-refractivity contribution is -0.131. The summed E-state index contributed by atoms with van der Waals surface area (Å²) in [4.78, 5) is 30.9. The van der Waals surface area contributed by atoms with Gasteiger partial charge in [0.2, 0.25) is 5.91 Å². The van der Waals surface area contributed by atoms with E-state index in [4.69, 9.17) is 4.74 Å². The highest BCUT2D eigenvalue weighted by Crippen LogP contribution is 2.29. The van der Waals surface area contributed by atoms with Crippen LogP contribution in [0.5, 0.6) is 11.5 Å². The molecule has 8 heteroatoms. The van der Waals surface area contributed by atoms with Crippen molar-refractivity contribution >= 4 is 17.6 Å². The molecule has 1 N–H and O–H groups in total. The zero-order valence-corrected chi connectivity index (χ0v) is 17.4. The summed E-state index contributed by atoms with van der Waals surface area (Å²) in [7, 11) is 0. The van der Waals surface area contributed by atoms with E-state index in [1.165, 1.54) is 12.1 Å². The van der Waals surface area contributed by atoms with Crippen LogP contribution in [0.25, 0.3) is 0 Å². The first-order chi connectivity index (χ1) is 15.1. The fraction of sp³-hybridized carbons (Fsp3) is 0.391. The number of nitrogens with zero attached hydrogens (tertiary/aromatic N) is 3. The van der Waals surface area contributed by atoms with Crippen molar-refractivity contribution in [2.75, 3.05) is 51.1 Å². The van der Waals surface area contributed by atoms with Crippen LogP contribution < -0.4 is 10.1 Å². The summed E-state index contributed by atoms with van der Waals surface area (Å²) >= 11 is 0. The normalized spacial score (nSPS) is 16.9. The number of carbonyl (C=O) groups is 2. The van der Waals surface area contributed by atoms with E-state index in [2.05, 4.69) is 10.2 Å². The number of likely N-dealkylation sites (tertiary alicyclic amines) is 1. The van der Waals surface area contributed by atoms with Gasteiger partial charge in [-0.2, -0.15) is 0 Å². The van der Waals surface area contributed by atoms with Crippen molar-refractivity contribution in [2.45, 2.75) is 12.8 Å². The Morgan fingerprint density at radius 2 is 1.65 bits per heavy atom. The largest absolute Gasteiger partial charge is 0.455 e. The average molecular weight is 426 g/mol. The van der Waals surface area contributed by atoms with E-state index < -0.39 is 0 Å². The summed E-state index contributed by atoms with van der Waals surface area (Å²) in [6.07, 6.45) is 2.17. The van der Waals surface area contributed by atoms with Crippen LogP contribution in [-0.4, -0.2) is 72.5 Å². The van der Waals surface area contributed by atoms with E-state index in [1.807, 2.05) is 4.90 Å². The molecule has 4 rings (SSSR count). The predicted molar refractivity (Wildman–Crippen MR) is 116 cm³/mol. The molecule has 2 aromatic rings. The van der Waals surface area contributed by atoms with Gasteiger partial charge >= 0.3 is 6.03 Å². The van der Waals surface area contributed by atoms with E-state index in [0.29, 0.717) is 49.9 Å². The predicted octanol–water partition coefficient (Wildman–Crippen LogP) is 3.39. The van der Waals surface area contributed by atoms with E-state index >= 15 is 0 Å². The number of amides is 3. The molecule has 0 radical (unpaired) electrons. The second-order valence-electron chi connectivity index (χ2n) is 7.84. The number of anilines is 1. The van der Waals surface area contributed by atoms with Crippen LogP contribution in [0.3, 0.4) is 0 Å². The number of nitrogens with one attached hydrogen (secondary N) is 1. The van der Waals surface area contributed by atoms with E-state index in [0.717, 1.165) is 25.9 Å². The fourth-order valence-corrected chi connectivity index (χ4v) is 3.88. The van der Waals surface area contributed by atoms with Gasteiger partial charge in [0.1, 0.15) is 11.6 Å². The van der Waals surface area contributed by atoms with E-state index in [1.54, 1.807) is 41.3 Å². The Hall–Kier alpha value is -3.13. The monoisotopic (exact) mass is 426 g/mol. The molecule has 2 saturated heterocycles. The Bertz CT molecular complexity index is 925. The Morgan fingerprint density at radius 1 is 0.903 bits per heavy atom. The highest BCUT2D eigenvalue weighted by Gasteiger charge is 2.25. The van der Waals surface area contributed by atoms with Crippen molar-refractivity contribution in [2.24, 2.45) is 0 Å². The van der Waals surface area contributed by atoms with Gasteiger partial charge in [-0.3, -0.25) is 9.69 Å². The zero-order chi connectivity index (χ0) is 21.6. The number of carbonyl (C=O) groups excluding carboxylic acids is 2. The minimum absolute atomic E-state index is 0.179. The Labute approximate surface area is 181 Å². The number of rotatable bonds is 5. The average Bonchev–Trinajstić information content (AvgIpc) is 3.31. The minimum atomic E-state index is -0.389. The van der Waals surface area contributed by atoms with Gasteiger partial charge < -0.3 is 19.9 Å². The van der Waals surface area contributed by atoms with Gasteiger partial charge in [-0.05, 0) is 37.1 Å². The summed E-state index contributed by atoms with van der Waals surface area (Å²) < 4.78 is 19.2. The molecule has 0 saturated carbocycles. The number of piperazine rings is 1. The summed E-state index contributed by atoms with van der Waals surface area (Å²) in [5.74, 6) is 0.591. The molecule has 0 bridgehead atoms. The number of para-hydroxylation sites is 2. The van der Waals surface area contributed by atoms with Gasteiger partial charge in [0.05, 0.1) is 12.2 Å². The van der Waals surface area contributed by atoms with Gasteiger partial charge in [0.25, 0.3) is 0 Å². The van der Waals surface area contributed by atoms with Crippen molar-refractivity contribution in [3.8, 4) is 11.5 Å². The number of benzene rings is 2. The molecule has 2 aliphatic rings. The van der Waals surface area contributed by atoms with Crippen LogP contribution in [0.2, 0.25) is 0 Å². The summed E-state index contributed by atoms with van der Waals surface area (Å²) in [5.41, 5.74) is 0.517. The van der Waals surface area contributed by atoms with Crippen LogP contribution in [-0.2, 0) is 4.79 Å². The second kappa shape index (κ2) is 9.78. The molecule has 0 aromatic heterocycles. The van der Waals surface area contributed by atoms with Crippen LogP contribution in [0.15, 0.2) is 48.5 Å². The molecule has 3 amide bonds. The SMILES string of the molecule is O=C(CN1CCN(C(=O)Nc2ccccc2Oc2cccc(F)c2)CC1)N1CCCC1. The molecule has 0 atom stereocenters. The van der Waals surface area contributed by atoms with Crippen molar-refractivity contribution < 1.29 is 18.7 Å². The first kappa shape index (κ1) is 21.1. The van der Waals surface area contributed by atoms with Crippen LogP contribution in [0.4, 0.5) is 14.9 Å². The van der Waals surface area contributed by atoms with Gasteiger partial charge in [0, 0.05) is 45.3 Å². The van der Waals surface area contributed by atoms with Gasteiger partial charge in [-0.1, -0.05) is 18.2 Å². The summed E-state index contributed by atoms with van der Waals surface area (Å²) in [6.45, 7) is 4.55. The van der Waals surface area contributed by atoms with Crippen molar-refractivity contribution in [1.82, 2.24) is 14.7 Å². The van der Waals surface area contributed by atoms with Crippen LogP contribution in [0, 0.1) is 5.82 Å². The van der Waals surface area contributed by atoms with E-state index in [-0.39, 0.29) is 17.8 Å². The lowest BCUT2D eigenvalue weighted by Crippen LogP contribution is -2.52. The zero-order valence-electron chi connectivity index (χ0n) is 17.4. The molecule has 2 heterocycles. The first-order valence-corrected chi connectivity index (χ1v) is 10.7. The Morgan fingerprint density at radius 3 is 2.39 bits per heavy atom. The Balaban J connectivity index is 1.30. The number of hydrogen-bond donors (Lipinski definition) is 1. The molecular weight excluding hydrogens is 399 g/mol. The highest BCUT2D eigenvalue weighted by molar-refractivity contribution is 5.91. The third-order valence-corrected chi connectivity index (χ3v) is 5.63. The maximum atomic E-state index is 13.4. The smallest absolute Gasteiger partial charge is 0.322 e. The molecule has 0 unspecified atom stereocenters. The lowest BCUT2D eigenvalue weighted by Gasteiger charge is -2.35. The number of hydrogen-bond acceptors (Lipinski definition) is 4. The molecule has 31 heavy (non-hydrogen) atoms. The molecule has 164 valence electrons. The lowest BCUT2D eigenvalue weighted by atomic mass is 10.2. The molecule has 7 nitrogen and oxygen atoms in total. The molecule has 0 aliphatic carbocycles. The summed E-state index contributed by atoms with van der Waals surface area (Å²) in [5, 5.41) is 2.89. The van der Waals surface area contributed by atoms with Crippen molar-refractivity contribution in [1.29, 1.82) is 0 Å². The van der Waals surface area contributed by atoms with Crippen molar-refractivity contribution in [3.05, 3.63) is 54.3 Å². The molecule has 2 aromatic carbocycles. The number of ether oxygens (including phenoxy) is 1. The molecular formula is C23H27FN4O3. The minimum Gasteiger partial charge on any atom is -0.455 e. The first-order valence-electron chi connectivity index (χ1n) is 10.7. The maximum Gasteiger partial charge on any atom is 0.322 e. The van der Waals surface area contributed by atoms with Gasteiger partial charge in [0.15, 0.2) is 5.75 Å². The number of halogens is 1. The topological polar surface area (TPSA) is 65.1 Å². The fourth-order valence-electron chi connectivity index (χ4n) is 3.88. The molecule has 0 spiro atoms. The van der Waals surface area contributed by atoms with E-state index in [9.17, 15) is 14.0 Å².